The van der Waals surface area contributed by atoms with Gasteiger partial charge in [-0.05, 0) is 19.3 Å². The molecule has 0 aromatic heterocycles. The van der Waals surface area contributed by atoms with Crippen molar-refractivity contribution >= 4 is 0 Å². The lowest BCUT2D eigenvalue weighted by Crippen LogP contribution is -2.46. The molecule has 1 aliphatic heterocycles. The van der Waals surface area contributed by atoms with E-state index in [1.165, 1.54) is 6.42 Å². The Morgan fingerprint density at radius 2 is 1.91 bits per heavy atom. The molecule has 0 aromatic rings. The molecule has 0 saturated carbocycles. The molecule has 1 heterocycles. The SMILES string of the molecule is C#CCC[N+]1([O-])CCCCC1. The molecule has 1 fully saturated rings. The van der Waals surface area contributed by atoms with Crippen molar-refractivity contribution in [3.8, 4) is 12.3 Å². The van der Waals surface area contributed by atoms with Crippen molar-refractivity contribution in [2.24, 2.45) is 0 Å². The van der Waals surface area contributed by atoms with Gasteiger partial charge in [0, 0.05) is 0 Å². The van der Waals surface area contributed by atoms with E-state index in [2.05, 4.69) is 5.92 Å². The van der Waals surface area contributed by atoms with Crippen molar-refractivity contribution in [2.75, 3.05) is 19.6 Å². The van der Waals surface area contributed by atoms with E-state index in [-0.39, 0.29) is 4.65 Å². The molecule has 62 valence electrons. The topological polar surface area (TPSA) is 23.1 Å². The van der Waals surface area contributed by atoms with Crippen LogP contribution in [-0.2, 0) is 0 Å². The molecule has 1 rings (SSSR count). The number of hydroxylamine groups is 3. The summed E-state index contributed by atoms with van der Waals surface area (Å²) in [5, 5.41) is 11.7. The third-order valence-corrected chi connectivity index (χ3v) is 2.29. The Hall–Kier alpha value is -0.520. The van der Waals surface area contributed by atoms with Crippen LogP contribution in [0.2, 0.25) is 0 Å². The van der Waals surface area contributed by atoms with Gasteiger partial charge in [-0.15, -0.1) is 12.3 Å². The van der Waals surface area contributed by atoms with Gasteiger partial charge in [0.25, 0.3) is 0 Å². The van der Waals surface area contributed by atoms with Crippen molar-refractivity contribution in [3.63, 3.8) is 0 Å². The van der Waals surface area contributed by atoms with Crippen LogP contribution < -0.4 is 0 Å². The molecule has 0 aromatic carbocycles. The first-order chi connectivity index (χ1) is 5.27. The quantitative estimate of drug-likeness (QED) is 0.335. The Bertz CT molecular complexity index is 153. The number of quaternary nitrogens is 1. The van der Waals surface area contributed by atoms with Gasteiger partial charge in [-0.1, -0.05) is 0 Å². The zero-order valence-corrected chi connectivity index (χ0v) is 6.88. The third kappa shape index (κ3) is 2.53. The third-order valence-electron chi connectivity index (χ3n) is 2.29. The molecule has 1 saturated heterocycles. The van der Waals surface area contributed by atoms with E-state index in [1.54, 1.807) is 0 Å². The maximum atomic E-state index is 11.7. The smallest absolute Gasteiger partial charge is 0.0894 e. The first kappa shape index (κ1) is 8.58. The molecular formula is C9H15NO. The Morgan fingerprint density at radius 3 is 2.45 bits per heavy atom. The Balaban J connectivity index is 2.32. The van der Waals surface area contributed by atoms with Crippen molar-refractivity contribution in [1.29, 1.82) is 0 Å². The second kappa shape index (κ2) is 3.75. The highest BCUT2D eigenvalue weighted by atomic mass is 16.5. The van der Waals surface area contributed by atoms with Crippen LogP contribution in [0.25, 0.3) is 0 Å². The summed E-state index contributed by atoms with van der Waals surface area (Å²) in [4.78, 5) is 0. The van der Waals surface area contributed by atoms with Crippen LogP contribution in [0.4, 0.5) is 0 Å². The zero-order chi connectivity index (χ0) is 8.16. The standard InChI is InChI=1S/C9H15NO/c1-2-3-7-10(11)8-5-4-6-9-10/h1H,3-9H2. The van der Waals surface area contributed by atoms with Gasteiger partial charge in [0.05, 0.1) is 26.1 Å². The lowest BCUT2D eigenvalue weighted by atomic mass is 10.1. The van der Waals surface area contributed by atoms with E-state index < -0.39 is 0 Å². The normalized spacial score (nSPS) is 22.5. The van der Waals surface area contributed by atoms with Gasteiger partial charge in [-0.2, -0.15) is 0 Å². The number of terminal acetylenes is 1. The summed E-state index contributed by atoms with van der Waals surface area (Å²) in [5.41, 5.74) is 0. The minimum Gasteiger partial charge on any atom is -0.633 e. The van der Waals surface area contributed by atoms with Gasteiger partial charge in [-0.25, -0.2) is 0 Å². The summed E-state index contributed by atoms with van der Waals surface area (Å²) in [5.74, 6) is 2.52. The highest BCUT2D eigenvalue weighted by Gasteiger charge is 2.19. The molecule has 0 unspecified atom stereocenters. The van der Waals surface area contributed by atoms with E-state index in [0.717, 1.165) is 25.9 Å². The van der Waals surface area contributed by atoms with Gasteiger partial charge >= 0.3 is 0 Å². The van der Waals surface area contributed by atoms with Crippen molar-refractivity contribution in [2.45, 2.75) is 25.7 Å². The molecule has 0 atom stereocenters. The molecule has 0 aliphatic carbocycles. The Morgan fingerprint density at radius 1 is 1.27 bits per heavy atom. The van der Waals surface area contributed by atoms with Crippen LogP contribution >= 0.6 is 0 Å². The molecule has 0 amide bonds. The average Bonchev–Trinajstić information content (AvgIpc) is 2.03. The highest BCUT2D eigenvalue weighted by molar-refractivity contribution is 4.83. The van der Waals surface area contributed by atoms with Crippen LogP contribution in [-0.4, -0.2) is 24.3 Å². The van der Waals surface area contributed by atoms with Crippen molar-refractivity contribution in [3.05, 3.63) is 5.21 Å². The number of rotatable bonds is 2. The number of piperidine rings is 1. The zero-order valence-electron chi connectivity index (χ0n) is 6.88. The monoisotopic (exact) mass is 153 g/mol. The summed E-state index contributed by atoms with van der Waals surface area (Å²) in [6, 6.07) is 0. The van der Waals surface area contributed by atoms with Crippen molar-refractivity contribution in [1.82, 2.24) is 0 Å². The lowest BCUT2D eigenvalue weighted by Gasteiger charge is -2.45. The Kier molecular flexibility index (Phi) is 2.92. The fourth-order valence-electron chi connectivity index (χ4n) is 1.58. The second-order valence-corrected chi connectivity index (χ2v) is 3.24. The Labute approximate surface area is 68.4 Å². The minimum absolute atomic E-state index is 0.0375. The van der Waals surface area contributed by atoms with E-state index in [1.807, 2.05) is 0 Å². The summed E-state index contributed by atoms with van der Waals surface area (Å²) < 4.78 is -0.0375. The number of nitrogens with zero attached hydrogens (tertiary/aromatic N) is 1. The predicted octanol–water partition coefficient (Wildman–Crippen LogP) is 1.51. The van der Waals surface area contributed by atoms with Gasteiger partial charge in [0.15, 0.2) is 0 Å². The van der Waals surface area contributed by atoms with E-state index in [9.17, 15) is 5.21 Å². The van der Waals surface area contributed by atoms with E-state index >= 15 is 0 Å². The van der Waals surface area contributed by atoms with E-state index in [0.29, 0.717) is 13.0 Å². The first-order valence-corrected chi connectivity index (χ1v) is 4.27. The van der Waals surface area contributed by atoms with Gasteiger partial charge in [0.2, 0.25) is 0 Å². The van der Waals surface area contributed by atoms with Crippen LogP contribution in [0.15, 0.2) is 0 Å². The maximum Gasteiger partial charge on any atom is 0.0894 e. The number of hydrogen-bond donors (Lipinski definition) is 0. The van der Waals surface area contributed by atoms with Crippen molar-refractivity contribution < 1.29 is 4.65 Å². The summed E-state index contributed by atoms with van der Waals surface area (Å²) in [6.07, 6.45) is 9.11. The molecule has 1 aliphatic rings. The predicted molar refractivity (Wildman–Crippen MR) is 45.5 cm³/mol. The molecule has 0 radical (unpaired) electrons. The molecule has 11 heavy (non-hydrogen) atoms. The molecule has 0 bridgehead atoms. The van der Waals surface area contributed by atoms with Gasteiger partial charge < -0.3 is 9.85 Å². The molecule has 0 N–H and O–H groups in total. The molecule has 2 nitrogen and oxygen atoms in total. The fourth-order valence-corrected chi connectivity index (χ4v) is 1.58. The van der Waals surface area contributed by atoms with Crippen LogP contribution in [0.5, 0.6) is 0 Å². The second-order valence-electron chi connectivity index (χ2n) is 3.24. The van der Waals surface area contributed by atoms with Crippen LogP contribution in [0.3, 0.4) is 0 Å². The van der Waals surface area contributed by atoms with Gasteiger partial charge in [-0.3, -0.25) is 0 Å². The van der Waals surface area contributed by atoms with E-state index in [4.69, 9.17) is 6.42 Å². The average molecular weight is 153 g/mol. The molecular weight excluding hydrogens is 138 g/mol. The number of hydrogen-bond acceptors (Lipinski definition) is 1. The lowest BCUT2D eigenvalue weighted by molar-refractivity contribution is -0.884. The van der Waals surface area contributed by atoms with Crippen LogP contribution in [0.1, 0.15) is 25.7 Å². The maximum absolute atomic E-state index is 11.7. The highest BCUT2D eigenvalue weighted by Crippen LogP contribution is 2.17. The molecule has 0 spiro atoms. The summed E-state index contributed by atoms with van der Waals surface area (Å²) in [7, 11) is 0. The summed E-state index contributed by atoms with van der Waals surface area (Å²) in [6.45, 7) is 2.18. The fraction of sp³-hybridized carbons (Fsp3) is 0.778. The minimum atomic E-state index is -0.0375. The van der Waals surface area contributed by atoms with Gasteiger partial charge in [0.1, 0.15) is 0 Å². The summed E-state index contributed by atoms with van der Waals surface area (Å²) >= 11 is 0. The number of likely N-dealkylation sites (tertiary alicyclic amines) is 1. The van der Waals surface area contributed by atoms with Crippen LogP contribution in [0, 0.1) is 17.6 Å². The first-order valence-electron chi connectivity index (χ1n) is 4.27. The largest absolute Gasteiger partial charge is 0.633 e. The molecule has 2 heteroatoms.